The smallest absolute Gasteiger partial charge is 0.337 e. The molecule has 124 valence electrons. The molecule has 0 radical (unpaired) electrons. The van der Waals surface area contributed by atoms with Crippen LogP contribution in [0.15, 0.2) is 30.3 Å². The molecule has 2 saturated heterocycles. The van der Waals surface area contributed by atoms with Crippen LogP contribution in [0.1, 0.15) is 12.8 Å². The van der Waals surface area contributed by atoms with Gasteiger partial charge in [-0.2, -0.15) is 0 Å². The molecule has 0 aromatic heterocycles. The number of aliphatic carboxylic acids is 1. The van der Waals surface area contributed by atoms with Crippen LogP contribution in [0.25, 0.3) is 0 Å². The summed E-state index contributed by atoms with van der Waals surface area (Å²) in [4.78, 5) is 28.0. The molecule has 23 heavy (non-hydrogen) atoms. The van der Waals surface area contributed by atoms with Crippen molar-refractivity contribution in [1.29, 1.82) is 0 Å². The average molecular weight is 318 g/mol. The summed E-state index contributed by atoms with van der Waals surface area (Å²) in [6.45, 7) is 2.12. The highest BCUT2D eigenvalue weighted by Gasteiger charge is 2.48. The number of para-hydroxylation sites is 1. The highest BCUT2D eigenvalue weighted by atomic mass is 16.5. The molecule has 6 heteroatoms. The second kappa shape index (κ2) is 6.20. The molecular weight excluding hydrogens is 296 g/mol. The highest BCUT2D eigenvalue weighted by Crippen LogP contribution is 2.30. The van der Waals surface area contributed by atoms with Crippen LogP contribution in [0.3, 0.4) is 0 Å². The standard InChI is InChI=1S/C17H22N2O4/c1-23-17(16(21)22)8-10-19(12-17)15(20)13-7-9-18(11-13)14-5-3-2-4-6-14/h2-6,13H,7-12H2,1H3,(H,21,22). The van der Waals surface area contributed by atoms with Crippen LogP contribution in [0, 0.1) is 5.92 Å². The summed E-state index contributed by atoms with van der Waals surface area (Å²) in [6, 6.07) is 10.0. The van der Waals surface area contributed by atoms with E-state index in [2.05, 4.69) is 4.90 Å². The lowest BCUT2D eigenvalue weighted by Gasteiger charge is -2.25. The highest BCUT2D eigenvalue weighted by molar-refractivity contribution is 5.84. The summed E-state index contributed by atoms with van der Waals surface area (Å²) >= 11 is 0. The maximum absolute atomic E-state index is 12.7. The van der Waals surface area contributed by atoms with Gasteiger partial charge in [-0.05, 0) is 18.6 Å². The van der Waals surface area contributed by atoms with Gasteiger partial charge in [0, 0.05) is 38.9 Å². The van der Waals surface area contributed by atoms with E-state index in [4.69, 9.17) is 4.74 Å². The van der Waals surface area contributed by atoms with Crippen molar-refractivity contribution in [2.45, 2.75) is 18.4 Å². The fourth-order valence-corrected chi connectivity index (χ4v) is 3.49. The van der Waals surface area contributed by atoms with Crippen molar-refractivity contribution in [1.82, 2.24) is 4.90 Å². The first kappa shape index (κ1) is 15.8. The van der Waals surface area contributed by atoms with E-state index < -0.39 is 11.6 Å². The van der Waals surface area contributed by atoms with Crippen LogP contribution in [0.5, 0.6) is 0 Å². The number of methoxy groups -OCH3 is 1. The molecule has 3 rings (SSSR count). The molecule has 2 heterocycles. The Hall–Kier alpha value is -2.08. The number of carboxylic acids is 1. The van der Waals surface area contributed by atoms with Crippen molar-refractivity contribution in [2.24, 2.45) is 5.92 Å². The van der Waals surface area contributed by atoms with E-state index in [9.17, 15) is 14.7 Å². The number of likely N-dealkylation sites (tertiary alicyclic amines) is 1. The van der Waals surface area contributed by atoms with E-state index in [1.165, 1.54) is 7.11 Å². The lowest BCUT2D eigenvalue weighted by atomic mass is 10.0. The van der Waals surface area contributed by atoms with Gasteiger partial charge in [-0.3, -0.25) is 4.79 Å². The first-order chi connectivity index (χ1) is 11.1. The Morgan fingerprint density at radius 1 is 1.26 bits per heavy atom. The molecular formula is C17H22N2O4. The summed E-state index contributed by atoms with van der Waals surface area (Å²) in [5.41, 5.74) is -0.117. The zero-order valence-corrected chi connectivity index (χ0v) is 13.3. The fourth-order valence-electron chi connectivity index (χ4n) is 3.49. The predicted molar refractivity (Wildman–Crippen MR) is 85.3 cm³/mol. The number of carbonyl (C=O) groups is 2. The van der Waals surface area contributed by atoms with Gasteiger partial charge >= 0.3 is 5.97 Å². The minimum absolute atomic E-state index is 0.0450. The van der Waals surface area contributed by atoms with Crippen molar-refractivity contribution in [3.8, 4) is 0 Å². The maximum Gasteiger partial charge on any atom is 0.337 e. The molecule has 0 bridgehead atoms. The molecule has 2 aliphatic heterocycles. The second-order valence-electron chi connectivity index (χ2n) is 6.28. The molecule has 1 N–H and O–H groups in total. The van der Waals surface area contributed by atoms with Gasteiger partial charge in [0.15, 0.2) is 5.60 Å². The van der Waals surface area contributed by atoms with Crippen molar-refractivity contribution in [3.05, 3.63) is 30.3 Å². The maximum atomic E-state index is 12.7. The Kier molecular flexibility index (Phi) is 4.26. The number of amides is 1. The summed E-state index contributed by atoms with van der Waals surface area (Å²) in [6.07, 6.45) is 1.15. The molecule has 2 unspecified atom stereocenters. The van der Waals surface area contributed by atoms with Gasteiger partial charge in [-0.25, -0.2) is 4.79 Å². The number of carbonyl (C=O) groups excluding carboxylic acids is 1. The summed E-state index contributed by atoms with van der Waals surface area (Å²) in [5.74, 6) is -1.02. The third-order valence-electron chi connectivity index (χ3n) is 4.98. The lowest BCUT2D eigenvalue weighted by molar-refractivity contribution is -0.161. The van der Waals surface area contributed by atoms with Crippen molar-refractivity contribution in [3.63, 3.8) is 0 Å². The van der Waals surface area contributed by atoms with Crippen LogP contribution in [-0.4, -0.2) is 60.8 Å². The number of anilines is 1. The van der Waals surface area contributed by atoms with E-state index in [1.54, 1.807) is 4.90 Å². The van der Waals surface area contributed by atoms with E-state index in [0.717, 1.165) is 18.7 Å². The fraction of sp³-hybridized carbons (Fsp3) is 0.529. The monoisotopic (exact) mass is 318 g/mol. The molecule has 1 aromatic rings. The number of nitrogens with zero attached hydrogens (tertiary/aromatic N) is 2. The van der Waals surface area contributed by atoms with Crippen LogP contribution in [0.4, 0.5) is 5.69 Å². The van der Waals surface area contributed by atoms with Gasteiger partial charge in [0.2, 0.25) is 5.91 Å². The van der Waals surface area contributed by atoms with Crippen molar-refractivity contribution >= 4 is 17.6 Å². The number of benzene rings is 1. The largest absolute Gasteiger partial charge is 0.479 e. The van der Waals surface area contributed by atoms with Gasteiger partial charge in [0.25, 0.3) is 0 Å². The zero-order valence-electron chi connectivity index (χ0n) is 13.3. The SMILES string of the molecule is COC1(C(=O)O)CCN(C(=O)C2CCN(c3ccccc3)C2)C1. The first-order valence-electron chi connectivity index (χ1n) is 7.93. The Balaban J connectivity index is 1.63. The van der Waals surface area contributed by atoms with Crippen LogP contribution in [0.2, 0.25) is 0 Å². The van der Waals surface area contributed by atoms with Gasteiger partial charge in [0.05, 0.1) is 12.5 Å². The third kappa shape index (κ3) is 2.91. The summed E-state index contributed by atoms with van der Waals surface area (Å²) in [5, 5.41) is 9.35. The average Bonchev–Trinajstić information content (AvgIpc) is 3.23. The number of hydrogen-bond donors (Lipinski definition) is 1. The number of rotatable bonds is 4. The molecule has 6 nitrogen and oxygen atoms in total. The van der Waals surface area contributed by atoms with Gasteiger partial charge < -0.3 is 19.6 Å². The molecule has 2 atom stereocenters. The Bertz CT molecular complexity index is 592. The second-order valence-corrected chi connectivity index (χ2v) is 6.28. The Morgan fingerprint density at radius 3 is 2.61 bits per heavy atom. The number of hydrogen-bond acceptors (Lipinski definition) is 4. The molecule has 2 aliphatic rings. The van der Waals surface area contributed by atoms with Crippen LogP contribution < -0.4 is 4.90 Å². The third-order valence-corrected chi connectivity index (χ3v) is 4.98. The normalized spacial score (nSPS) is 27.4. The van der Waals surface area contributed by atoms with Gasteiger partial charge in [-0.15, -0.1) is 0 Å². The number of carboxylic acid groups (broad SMARTS) is 1. The van der Waals surface area contributed by atoms with Crippen molar-refractivity contribution < 1.29 is 19.4 Å². The number of ether oxygens (including phenoxy) is 1. The van der Waals surface area contributed by atoms with Crippen molar-refractivity contribution in [2.75, 3.05) is 38.2 Å². The Labute approximate surface area is 135 Å². The first-order valence-corrected chi connectivity index (χ1v) is 7.93. The molecule has 2 fully saturated rings. The molecule has 1 aromatic carbocycles. The topological polar surface area (TPSA) is 70.1 Å². The quantitative estimate of drug-likeness (QED) is 0.904. The molecule has 0 spiro atoms. The minimum atomic E-state index is -1.24. The van der Waals surface area contributed by atoms with Crippen LogP contribution >= 0.6 is 0 Å². The summed E-state index contributed by atoms with van der Waals surface area (Å²) < 4.78 is 5.19. The summed E-state index contributed by atoms with van der Waals surface area (Å²) in [7, 11) is 1.40. The zero-order chi connectivity index (χ0) is 16.4. The molecule has 0 saturated carbocycles. The van der Waals surface area contributed by atoms with Crippen LogP contribution in [-0.2, 0) is 14.3 Å². The van der Waals surface area contributed by atoms with Gasteiger partial charge in [0.1, 0.15) is 0 Å². The van der Waals surface area contributed by atoms with E-state index in [0.29, 0.717) is 19.5 Å². The predicted octanol–water partition coefficient (Wildman–Crippen LogP) is 1.21. The molecule has 1 amide bonds. The lowest BCUT2D eigenvalue weighted by Crippen LogP contribution is -2.45. The Morgan fingerprint density at radius 2 is 2.00 bits per heavy atom. The van der Waals surface area contributed by atoms with Gasteiger partial charge in [-0.1, -0.05) is 18.2 Å². The van der Waals surface area contributed by atoms with E-state index in [1.807, 2.05) is 30.3 Å². The molecule has 0 aliphatic carbocycles. The van der Waals surface area contributed by atoms with E-state index in [-0.39, 0.29) is 18.4 Å². The van der Waals surface area contributed by atoms with E-state index >= 15 is 0 Å². The minimum Gasteiger partial charge on any atom is -0.479 e.